The van der Waals surface area contributed by atoms with Gasteiger partial charge in [-0.2, -0.15) is 0 Å². The molecule has 0 aromatic heterocycles. The van der Waals surface area contributed by atoms with Crippen molar-refractivity contribution in [2.75, 3.05) is 18.8 Å². The van der Waals surface area contributed by atoms with E-state index < -0.39 is 12.0 Å². The summed E-state index contributed by atoms with van der Waals surface area (Å²) in [6.45, 7) is 2.86. The number of carboxylic acid groups (broad SMARTS) is 1. The van der Waals surface area contributed by atoms with Crippen LogP contribution in [0.3, 0.4) is 0 Å². The number of nitrogens with zero attached hydrogens (tertiary/aromatic N) is 2. The van der Waals surface area contributed by atoms with E-state index in [1.165, 1.54) is 16.7 Å². The van der Waals surface area contributed by atoms with Gasteiger partial charge >= 0.3 is 12.0 Å². The predicted octanol–water partition coefficient (Wildman–Crippen LogP) is 0.542. The van der Waals surface area contributed by atoms with Gasteiger partial charge in [0.1, 0.15) is 6.04 Å². The van der Waals surface area contributed by atoms with E-state index >= 15 is 0 Å². The number of nitrogens with two attached hydrogens (primary N) is 1. The largest absolute Gasteiger partial charge is 0.480 e. The van der Waals surface area contributed by atoms with Gasteiger partial charge in [-0.15, -0.1) is 11.8 Å². The molecule has 2 atom stereocenters. The summed E-state index contributed by atoms with van der Waals surface area (Å²) in [5.41, 5.74) is 5.28. The number of carboxylic acids is 1. The molecule has 3 amide bonds. The molecular formula is C13H21N3O4S. The van der Waals surface area contributed by atoms with Crippen LogP contribution in [-0.2, 0) is 9.59 Å². The van der Waals surface area contributed by atoms with E-state index in [0.717, 1.165) is 6.42 Å². The van der Waals surface area contributed by atoms with Crippen molar-refractivity contribution in [3.8, 4) is 0 Å². The van der Waals surface area contributed by atoms with Crippen molar-refractivity contribution in [2.45, 2.75) is 37.6 Å². The molecule has 8 heteroatoms. The highest BCUT2D eigenvalue weighted by Crippen LogP contribution is 2.33. The first kappa shape index (κ1) is 15.9. The molecule has 0 saturated carbocycles. The molecular weight excluding hydrogens is 294 g/mol. The molecule has 118 valence electrons. The van der Waals surface area contributed by atoms with Crippen LogP contribution in [0.25, 0.3) is 0 Å². The fourth-order valence-corrected chi connectivity index (χ4v) is 4.18. The van der Waals surface area contributed by atoms with E-state index in [-0.39, 0.29) is 23.2 Å². The average molecular weight is 315 g/mol. The molecule has 21 heavy (non-hydrogen) atoms. The fraction of sp³-hybridized carbons (Fsp3) is 0.769. The van der Waals surface area contributed by atoms with Gasteiger partial charge in [-0.1, -0.05) is 6.92 Å². The molecule has 7 nitrogen and oxygen atoms in total. The number of amides is 3. The summed E-state index contributed by atoms with van der Waals surface area (Å²) in [5, 5.41) is 9.18. The lowest BCUT2D eigenvalue weighted by Gasteiger charge is -2.36. The number of carbonyl (C=O) groups is 3. The van der Waals surface area contributed by atoms with E-state index in [0.29, 0.717) is 31.7 Å². The van der Waals surface area contributed by atoms with Gasteiger partial charge in [0.05, 0.1) is 5.37 Å². The number of rotatable bonds is 3. The lowest BCUT2D eigenvalue weighted by Crippen LogP contribution is -2.53. The standard InChI is InChI=1S/C13H21N3O4S/c1-2-10-16(9(7-21-10)12(18)19)13(20)15-5-3-8(4-6-15)11(14)17/h8-10H,2-7H2,1H3,(H2,14,17)(H,18,19). The quantitative estimate of drug-likeness (QED) is 0.791. The van der Waals surface area contributed by atoms with Gasteiger partial charge in [0.2, 0.25) is 5.91 Å². The molecule has 0 aromatic rings. The Morgan fingerprint density at radius 2 is 1.90 bits per heavy atom. The van der Waals surface area contributed by atoms with E-state index in [1.54, 1.807) is 4.90 Å². The number of primary amides is 1. The molecule has 2 aliphatic heterocycles. The zero-order chi connectivity index (χ0) is 15.6. The Hall–Kier alpha value is -1.44. The topological polar surface area (TPSA) is 104 Å². The highest BCUT2D eigenvalue weighted by Gasteiger charge is 2.43. The number of piperidine rings is 1. The number of thioether (sulfide) groups is 1. The third-order valence-corrected chi connectivity index (χ3v) is 5.57. The van der Waals surface area contributed by atoms with Gasteiger partial charge < -0.3 is 15.7 Å². The van der Waals surface area contributed by atoms with Crippen molar-refractivity contribution in [3.05, 3.63) is 0 Å². The second kappa shape index (κ2) is 6.55. The Bertz CT molecular complexity index is 437. The molecule has 2 rings (SSSR count). The van der Waals surface area contributed by atoms with Gasteiger partial charge in [-0.25, -0.2) is 9.59 Å². The Morgan fingerprint density at radius 1 is 1.29 bits per heavy atom. The minimum Gasteiger partial charge on any atom is -0.480 e. The molecule has 2 fully saturated rings. The van der Waals surface area contributed by atoms with E-state index in [9.17, 15) is 19.5 Å². The average Bonchev–Trinajstić information content (AvgIpc) is 2.90. The monoisotopic (exact) mass is 315 g/mol. The van der Waals surface area contributed by atoms with Crippen LogP contribution < -0.4 is 5.73 Å². The maximum atomic E-state index is 12.6. The summed E-state index contributed by atoms with van der Waals surface area (Å²) in [4.78, 5) is 38.2. The van der Waals surface area contributed by atoms with Crippen LogP contribution in [0.15, 0.2) is 0 Å². The third-order valence-electron chi connectivity index (χ3n) is 4.12. The number of urea groups is 1. The molecule has 2 saturated heterocycles. The first-order valence-electron chi connectivity index (χ1n) is 7.16. The molecule has 0 bridgehead atoms. The molecule has 2 unspecified atom stereocenters. The van der Waals surface area contributed by atoms with E-state index in [2.05, 4.69) is 0 Å². The van der Waals surface area contributed by atoms with Crippen LogP contribution in [0.5, 0.6) is 0 Å². The van der Waals surface area contributed by atoms with Crippen LogP contribution in [-0.4, -0.2) is 63.1 Å². The van der Waals surface area contributed by atoms with Crippen molar-refractivity contribution < 1.29 is 19.5 Å². The van der Waals surface area contributed by atoms with E-state index in [1.807, 2.05) is 6.92 Å². The van der Waals surface area contributed by atoms with Gasteiger partial charge in [-0.05, 0) is 19.3 Å². The highest BCUT2D eigenvalue weighted by atomic mass is 32.2. The number of likely N-dealkylation sites (tertiary alicyclic amines) is 1. The molecule has 0 radical (unpaired) electrons. The summed E-state index contributed by atoms with van der Waals surface area (Å²) >= 11 is 1.51. The Balaban J connectivity index is 2.04. The summed E-state index contributed by atoms with van der Waals surface area (Å²) in [7, 11) is 0. The van der Waals surface area contributed by atoms with Crippen molar-refractivity contribution >= 4 is 29.7 Å². The van der Waals surface area contributed by atoms with Crippen molar-refractivity contribution in [3.63, 3.8) is 0 Å². The fourth-order valence-electron chi connectivity index (χ4n) is 2.84. The van der Waals surface area contributed by atoms with Gasteiger partial charge in [-0.3, -0.25) is 9.69 Å². The second-order valence-electron chi connectivity index (χ2n) is 5.40. The van der Waals surface area contributed by atoms with Gasteiger partial charge in [0.15, 0.2) is 0 Å². The summed E-state index contributed by atoms with van der Waals surface area (Å²) < 4.78 is 0. The Morgan fingerprint density at radius 3 is 2.38 bits per heavy atom. The Labute approximate surface area is 127 Å². The van der Waals surface area contributed by atoms with Crippen LogP contribution in [0, 0.1) is 5.92 Å². The maximum absolute atomic E-state index is 12.6. The lowest BCUT2D eigenvalue weighted by atomic mass is 9.96. The molecule has 0 spiro atoms. The first-order chi connectivity index (χ1) is 9.95. The van der Waals surface area contributed by atoms with Crippen LogP contribution in [0.4, 0.5) is 4.79 Å². The number of aliphatic carboxylic acids is 1. The van der Waals surface area contributed by atoms with Crippen LogP contribution >= 0.6 is 11.8 Å². The molecule has 0 aromatic carbocycles. The highest BCUT2D eigenvalue weighted by molar-refractivity contribution is 8.00. The first-order valence-corrected chi connectivity index (χ1v) is 8.21. The normalized spacial score (nSPS) is 26.9. The lowest BCUT2D eigenvalue weighted by molar-refractivity contribution is -0.141. The number of hydrogen-bond donors (Lipinski definition) is 2. The van der Waals surface area contributed by atoms with Crippen LogP contribution in [0.1, 0.15) is 26.2 Å². The van der Waals surface area contributed by atoms with Gasteiger partial charge in [0, 0.05) is 24.8 Å². The SMILES string of the molecule is CCC1SCC(C(=O)O)N1C(=O)N1CCC(C(N)=O)CC1. The third kappa shape index (κ3) is 3.25. The zero-order valence-electron chi connectivity index (χ0n) is 12.0. The molecule has 3 N–H and O–H groups in total. The zero-order valence-corrected chi connectivity index (χ0v) is 12.8. The predicted molar refractivity (Wildman–Crippen MR) is 78.7 cm³/mol. The molecule has 2 aliphatic rings. The summed E-state index contributed by atoms with van der Waals surface area (Å²) in [5.74, 6) is -1.04. The molecule has 2 heterocycles. The maximum Gasteiger partial charge on any atom is 0.327 e. The van der Waals surface area contributed by atoms with Crippen molar-refractivity contribution in [2.24, 2.45) is 11.7 Å². The van der Waals surface area contributed by atoms with Gasteiger partial charge in [0.25, 0.3) is 0 Å². The minimum atomic E-state index is -0.959. The number of carbonyl (C=O) groups excluding carboxylic acids is 2. The van der Waals surface area contributed by atoms with E-state index in [4.69, 9.17) is 5.73 Å². The van der Waals surface area contributed by atoms with Crippen LogP contribution in [0.2, 0.25) is 0 Å². The molecule has 0 aliphatic carbocycles. The summed E-state index contributed by atoms with van der Waals surface area (Å²) in [6.07, 6.45) is 1.82. The Kier molecular flexibility index (Phi) is 4.97. The smallest absolute Gasteiger partial charge is 0.327 e. The minimum absolute atomic E-state index is 0.0903. The number of hydrogen-bond acceptors (Lipinski definition) is 4. The second-order valence-corrected chi connectivity index (χ2v) is 6.61. The van der Waals surface area contributed by atoms with Crippen molar-refractivity contribution in [1.82, 2.24) is 9.80 Å². The van der Waals surface area contributed by atoms with Crippen molar-refractivity contribution in [1.29, 1.82) is 0 Å². The summed E-state index contributed by atoms with van der Waals surface area (Å²) in [6, 6.07) is -0.997.